The Morgan fingerprint density at radius 1 is 1.18 bits per heavy atom. The molecular weight excluding hydrogens is 216 g/mol. The Balaban J connectivity index is 4.25. The smallest absolute Gasteiger partial charge is 0.220 e. The zero-order valence-electron chi connectivity index (χ0n) is 11.7. The van der Waals surface area contributed by atoms with Crippen LogP contribution in [-0.4, -0.2) is 18.5 Å². The van der Waals surface area contributed by atoms with Gasteiger partial charge in [-0.15, -0.1) is 0 Å². The SMILES string of the molecule is CCC(C)C(CN=O)NC(=O)CC(C)C(C)C. The molecule has 4 nitrogen and oxygen atoms in total. The second-order valence-corrected chi connectivity index (χ2v) is 5.30. The Morgan fingerprint density at radius 3 is 2.18 bits per heavy atom. The van der Waals surface area contributed by atoms with Gasteiger partial charge in [-0.1, -0.05) is 46.2 Å². The summed E-state index contributed by atoms with van der Waals surface area (Å²) in [7, 11) is 0. The molecule has 3 atom stereocenters. The highest BCUT2D eigenvalue weighted by molar-refractivity contribution is 5.76. The molecule has 0 aromatic rings. The first-order valence-electron chi connectivity index (χ1n) is 6.50. The highest BCUT2D eigenvalue weighted by Gasteiger charge is 2.20. The van der Waals surface area contributed by atoms with Gasteiger partial charge in [0.2, 0.25) is 5.91 Å². The molecular formula is C13H26N2O2. The van der Waals surface area contributed by atoms with Gasteiger partial charge in [-0.2, -0.15) is 4.91 Å². The van der Waals surface area contributed by atoms with Crippen LogP contribution in [0, 0.1) is 22.7 Å². The summed E-state index contributed by atoms with van der Waals surface area (Å²) >= 11 is 0. The lowest BCUT2D eigenvalue weighted by Gasteiger charge is -2.23. The lowest BCUT2D eigenvalue weighted by Crippen LogP contribution is -2.42. The van der Waals surface area contributed by atoms with Gasteiger partial charge >= 0.3 is 0 Å². The molecule has 0 radical (unpaired) electrons. The Kier molecular flexibility index (Phi) is 7.75. The van der Waals surface area contributed by atoms with E-state index in [-0.39, 0.29) is 24.4 Å². The quantitative estimate of drug-likeness (QED) is 0.665. The van der Waals surface area contributed by atoms with Crippen LogP contribution in [-0.2, 0) is 4.79 Å². The van der Waals surface area contributed by atoms with Gasteiger partial charge in [0.25, 0.3) is 0 Å². The van der Waals surface area contributed by atoms with Gasteiger partial charge in [0.15, 0.2) is 0 Å². The summed E-state index contributed by atoms with van der Waals surface area (Å²) in [5.41, 5.74) is 0. The van der Waals surface area contributed by atoms with Gasteiger partial charge in [0, 0.05) is 6.42 Å². The molecule has 3 unspecified atom stereocenters. The van der Waals surface area contributed by atoms with E-state index in [1.165, 1.54) is 0 Å². The number of nitrogens with zero attached hydrogens (tertiary/aromatic N) is 1. The zero-order chi connectivity index (χ0) is 13.4. The first kappa shape index (κ1) is 16.1. The van der Waals surface area contributed by atoms with E-state index in [1.54, 1.807) is 0 Å². The van der Waals surface area contributed by atoms with E-state index in [2.05, 4.69) is 31.3 Å². The summed E-state index contributed by atoms with van der Waals surface area (Å²) in [4.78, 5) is 22.2. The van der Waals surface area contributed by atoms with E-state index in [0.717, 1.165) is 6.42 Å². The second kappa shape index (κ2) is 8.20. The molecule has 0 rings (SSSR count). The fourth-order valence-corrected chi connectivity index (χ4v) is 1.53. The molecule has 0 saturated carbocycles. The van der Waals surface area contributed by atoms with Crippen LogP contribution in [0.5, 0.6) is 0 Å². The van der Waals surface area contributed by atoms with Crippen molar-refractivity contribution in [2.24, 2.45) is 22.9 Å². The number of hydrogen-bond acceptors (Lipinski definition) is 3. The van der Waals surface area contributed by atoms with Crippen LogP contribution in [0.15, 0.2) is 5.18 Å². The first-order chi connectivity index (χ1) is 7.92. The van der Waals surface area contributed by atoms with E-state index in [9.17, 15) is 9.70 Å². The fourth-order valence-electron chi connectivity index (χ4n) is 1.53. The van der Waals surface area contributed by atoms with E-state index >= 15 is 0 Å². The van der Waals surface area contributed by atoms with Gasteiger partial charge in [0.1, 0.15) is 6.54 Å². The van der Waals surface area contributed by atoms with Crippen LogP contribution in [0.3, 0.4) is 0 Å². The minimum absolute atomic E-state index is 0.0279. The summed E-state index contributed by atoms with van der Waals surface area (Å²) in [6, 6.07) is -0.121. The monoisotopic (exact) mass is 242 g/mol. The summed E-state index contributed by atoms with van der Waals surface area (Å²) in [5.74, 6) is 1.16. The van der Waals surface area contributed by atoms with Gasteiger partial charge in [0.05, 0.1) is 6.04 Å². The van der Waals surface area contributed by atoms with Crippen LogP contribution in [0.4, 0.5) is 0 Å². The first-order valence-corrected chi connectivity index (χ1v) is 6.50. The van der Waals surface area contributed by atoms with Crippen molar-refractivity contribution in [2.45, 2.75) is 53.5 Å². The van der Waals surface area contributed by atoms with Crippen LogP contribution in [0.1, 0.15) is 47.5 Å². The molecule has 0 fully saturated rings. The Bertz CT molecular complexity index is 242. The Labute approximate surface area is 105 Å². The molecule has 0 aromatic heterocycles. The standard InChI is InChI=1S/C13H26N2O2/c1-6-10(4)12(8-14-17)15-13(16)7-11(5)9(2)3/h9-12H,6-8H2,1-5H3,(H,15,16). The Hall–Kier alpha value is -0.930. The number of hydrogen-bond donors (Lipinski definition) is 1. The number of carbonyl (C=O) groups excluding carboxylic acids is 1. The molecule has 0 saturated heterocycles. The molecule has 0 bridgehead atoms. The lowest BCUT2D eigenvalue weighted by molar-refractivity contribution is -0.123. The molecule has 0 aliphatic carbocycles. The van der Waals surface area contributed by atoms with Gasteiger partial charge < -0.3 is 5.32 Å². The summed E-state index contributed by atoms with van der Waals surface area (Å²) in [6.07, 6.45) is 1.45. The van der Waals surface area contributed by atoms with Crippen molar-refractivity contribution in [3.63, 3.8) is 0 Å². The summed E-state index contributed by atoms with van der Waals surface area (Å²) in [6.45, 7) is 10.5. The molecule has 0 heterocycles. The highest BCUT2D eigenvalue weighted by Crippen LogP contribution is 2.15. The molecule has 0 aliphatic heterocycles. The average Bonchev–Trinajstić information content (AvgIpc) is 2.27. The van der Waals surface area contributed by atoms with Crippen molar-refractivity contribution < 1.29 is 4.79 Å². The number of nitrogens with one attached hydrogen (secondary N) is 1. The van der Waals surface area contributed by atoms with Crippen molar-refractivity contribution in [1.29, 1.82) is 0 Å². The predicted molar refractivity (Wildman–Crippen MR) is 70.7 cm³/mol. The van der Waals surface area contributed by atoms with Crippen LogP contribution < -0.4 is 5.32 Å². The summed E-state index contributed by atoms with van der Waals surface area (Å²) in [5, 5.41) is 5.83. The Morgan fingerprint density at radius 2 is 1.76 bits per heavy atom. The highest BCUT2D eigenvalue weighted by atomic mass is 16.3. The van der Waals surface area contributed by atoms with E-state index < -0.39 is 0 Å². The maximum Gasteiger partial charge on any atom is 0.220 e. The van der Waals surface area contributed by atoms with Crippen LogP contribution in [0.25, 0.3) is 0 Å². The van der Waals surface area contributed by atoms with Gasteiger partial charge in [-0.25, -0.2) is 0 Å². The predicted octanol–water partition coefficient (Wildman–Crippen LogP) is 2.97. The maximum absolute atomic E-state index is 11.8. The van der Waals surface area contributed by atoms with Crippen molar-refractivity contribution >= 4 is 5.91 Å². The molecule has 100 valence electrons. The number of amides is 1. The van der Waals surface area contributed by atoms with Crippen molar-refractivity contribution in [3.8, 4) is 0 Å². The van der Waals surface area contributed by atoms with Crippen molar-refractivity contribution in [2.75, 3.05) is 6.54 Å². The number of rotatable bonds is 8. The lowest BCUT2D eigenvalue weighted by atomic mass is 9.93. The van der Waals surface area contributed by atoms with Crippen molar-refractivity contribution in [1.82, 2.24) is 5.32 Å². The summed E-state index contributed by atoms with van der Waals surface area (Å²) < 4.78 is 0. The molecule has 1 amide bonds. The second-order valence-electron chi connectivity index (χ2n) is 5.30. The normalized spacial score (nSPS) is 16.4. The minimum atomic E-state index is -0.121. The minimum Gasteiger partial charge on any atom is -0.351 e. The third kappa shape index (κ3) is 6.39. The third-order valence-electron chi connectivity index (χ3n) is 3.59. The van der Waals surface area contributed by atoms with E-state index in [4.69, 9.17) is 0 Å². The molecule has 4 heteroatoms. The van der Waals surface area contributed by atoms with Crippen LogP contribution in [0.2, 0.25) is 0 Å². The van der Waals surface area contributed by atoms with E-state index in [0.29, 0.717) is 18.3 Å². The topological polar surface area (TPSA) is 58.5 Å². The number of carbonyl (C=O) groups is 1. The zero-order valence-corrected chi connectivity index (χ0v) is 11.7. The maximum atomic E-state index is 11.8. The molecule has 17 heavy (non-hydrogen) atoms. The van der Waals surface area contributed by atoms with Crippen molar-refractivity contribution in [3.05, 3.63) is 4.91 Å². The molecule has 1 N–H and O–H groups in total. The van der Waals surface area contributed by atoms with E-state index in [1.807, 2.05) is 13.8 Å². The average molecular weight is 242 g/mol. The molecule has 0 aliphatic rings. The third-order valence-corrected chi connectivity index (χ3v) is 3.59. The van der Waals surface area contributed by atoms with Gasteiger partial charge in [-0.05, 0) is 17.8 Å². The molecule has 0 spiro atoms. The van der Waals surface area contributed by atoms with Crippen LogP contribution >= 0.6 is 0 Å². The fraction of sp³-hybridized carbons (Fsp3) is 0.923. The van der Waals surface area contributed by atoms with Gasteiger partial charge in [-0.3, -0.25) is 4.79 Å². The number of nitroso groups, excluding NO2 is 1. The largest absolute Gasteiger partial charge is 0.351 e. The molecule has 0 aromatic carbocycles.